The van der Waals surface area contributed by atoms with E-state index in [2.05, 4.69) is 10.0 Å². The summed E-state index contributed by atoms with van der Waals surface area (Å²) in [7, 11) is -1.56. The van der Waals surface area contributed by atoms with E-state index in [0.29, 0.717) is 11.4 Å². The molecule has 0 saturated carbocycles. The highest BCUT2D eigenvalue weighted by Crippen LogP contribution is 2.20. The average molecular weight is 302 g/mol. The minimum absolute atomic E-state index is 0.112. The third-order valence-electron chi connectivity index (χ3n) is 2.86. The van der Waals surface area contributed by atoms with Crippen molar-refractivity contribution in [1.82, 2.24) is 10.0 Å². The number of hydrogen-bond donors (Lipinski definition) is 2. The van der Waals surface area contributed by atoms with Crippen LogP contribution in [0.1, 0.15) is 19.4 Å². The third-order valence-corrected chi connectivity index (χ3v) is 5.52. The second-order valence-electron chi connectivity index (χ2n) is 4.96. The zero-order chi connectivity index (χ0) is 14.5. The largest absolute Gasteiger partial charge is 0.316 e. The highest BCUT2D eigenvalue weighted by molar-refractivity contribution is 8.00. The van der Waals surface area contributed by atoms with Crippen molar-refractivity contribution >= 4 is 21.8 Å². The van der Waals surface area contributed by atoms with Crippen molar-refractivity contribution in [3.05, 3.63) is 29.8 Å². The fourth-order valence-electron chi connectivity index (χ4n) is 1.41. The summed E-state index contributed by atoms with van der Waals surface area (Å²) in [6, 6.07) is 6.93. The first-order chi connectivity index (χ1) is 8.80. The molecule has 0 aliphatic heterocycles. The number of thioether (sulfide) groups is 1. The third kappa shape index (κ3) is 5.14. The number of sulfonamides is 1. The molecule has 2 N–H and O–H groups in total. The van der Waals surface area contributed by atoms with Crippen LogP contribution in [0.3, 0.4) is 0 Å². The molecule has 0 atom stereocenters. The molecule has 0 saturated heterocycles. The molecule has 0 aliphatic carbocycles. The Hall–Kier alpha value is -0.560. The van der Waals surface area contributed by atoms with Crippen LogP contribution in [-0.2, 0) is 16.6 Å². The fourth-order valence-corrected chi connectivity index (χ4v) is 2.93. The SMILES string of the molecule is CNCc1ccc(S(=O)(=O)NCC(C)(C)SC)cc1. The Morgan fingerprint density at radius 1 is 1.21 bits per heavy atom. The summed E-state index contributed by atoms with van der Waals surface area (Å²) in [4.78, 5) is 0.309. The maximum absolute atomic E-state index is 12.1. The second-order valence-corrected chi connectivity index (χ2v) is 8.24. The Morgan fingerprint density at radius 3 is 2.26 bits per heavy atom. The van der Waals surface area contributed by atoms with E-state index in [1.807, 2.05) is 39.3 Å². The first-order valence-corrected chi connectivity index (χ1v) is 8.80. The zero-order valence-electron chi connectivity index (χ0n) is 11.9. The van der Waals surface area contributed by atoms with E-state index in [4.69, 9.17) is 0 Å². The maximum atomic E-state index is 12.1. The van der Waals surface area contributed by atoms with Gasteiger partial charge in [-0.2, -0.15) is 11.8 Å². The maximum Gasteiger partial charge on any atom is 0.240 e. The van der Waals surface area contributed by atoms with Crippen LogP contribution < -0.4 is 10.0 Å². The van der Waals surface area contributed by atoms with Gasteiger partial charge in [0.15, 0.2) is 0 Å². The zero-order valence-corrected chi connectivity index (χ0v) is 13.5. The monoisotopic (exact) mass is 302 g/mol. The molecule has 0 aromatic heterocycles. The summed E-state index contributed by atoms with van der Waals surface area (Å²) < 4.78 is 26.8. The van der Waals surface area contributed by atoms with Gasteiger partial charge in [0.05, 0.1) is 4.90 Å². The lowest BCUT2D eigenvalue weighted by Crippen LogP contribution is -2.36. The fraction of sp³-hybridized carbons (Fsp3) is 0.538. The van der Waals surface area contributed by atoms with Gasteiger partial charge in [0.25, 0.3) is 0 Å². The highest BCUT2D eigenvalue weighted by Gasteiger charge is 2.21. The number of benzene rings is 1. The topological polar surface area (TPSA) is 58.2 Å². The van der Waals surface area contributed by atoms with E-state index in [0.717, 1.165) is 12.1 Å². The van der Waals surface area contributed by atoms with Gasteiger partial charge in [-0.1, -0.05) is 12.1 Å². The molecule has 1 aromatic rings. The minimum atomic E-state index is -3.42. The quantitative estimate of drug-likeness (QED) is 0.807. The smallest absolute Gasteiger partial charge is 0.240 e. The molecule has 1 rings (SSSR count). The molecule has 0 heterocycles. The van der Waals surface area contributed by atoms with Gasteiger partial charge in [0, 0.05) is 17.8 Å². The Bertz CT molecular complexity index is 496. The second kappa shape index (κ2) is 6.74. The van der Waals surface area contributed by atoms with Gasteiger partial charge in [-0.05, 0) is 44.8 Å². The van der Waals surface area contributed by atoms with Crippen molar-refractivity contribution < 1.29 is 8.42 Å². The molecule has 0 aliphatic rings. The van der Waals surface area contributed by atoms with Gasteiger partial charge < -0.3 is 5.32 Å². The van der Waals surface area contributed by atoms with Gasteiger partial charge in [-0.25, -0.2) is 13.1 Å². The molecule has 4 nitrogen and oxygen atoms in total. The Balaban J connectivity index is 2.77. The van der Waals surface area contributed by atoms with Crippen molar-refractivity contribution in [2.75, 3.05) is 19.8 Å². The standard InChI is InChI=1S/C13H22N2O2S2/c1-13(2,18-4)10-15-19(16,17)12-7-5-11(6-8-12)9-14-3/h5-8,14-15H,9-10H2,1-4H3. The molecule has 0 unspecified atom stereocenters. The van der Waals surface area contributed by atoms with E-state index in [1.165, 1.54) is 0 Å². The normalized spacial score (nSPS) is 12.6. The number of hydrogen-bond acceptors (Lipinski definition) is 4. The van der Waals surface area contributed by atoms with Crippen molar-refractivity contribution in [2.24, 2.45) is 0 Å². The summed E-state index contributed by atoms with van der Waals surface area (Å²) in [6.45, 7) is 5.16. The van der Waals surface area contributed by atoms with Crippen LogP contribution in [0, 0.1) is 0 Å². The van der Waals surface area contributed by atoms with E-state index in [-0.39, 0.29) is 4.75 Å². The Morgan fingerprint density at radius 2 is 1.79 bits per heavy atom. The van der Waals surface area contributed by atoms with Crippen LogP contribution >= 0.6 is 11.8 Å². The van der Waals surface area contributed by atoms with Gasteiger partial charge >= 0.3 is 0 Å². The molecule has 0 amide bonds. The molecule has 0 fully saturated rings. The summed E-state index contributed by atoms with van der Waals surface area (Å²) in [5.41, 5.74) is 1.06. The van der Waals surface area contributed by atoms with Gasteiger partial charge in [0.2, 0.25) is 10.0 Å². The van der Waals surface area contributed by atoms with Crippen LogP contribution in [0.15, 0.2) is 29.2 Å². The van der Waals surface area contributed by atoms with Crippen LogP contribution in [0.2, 0.25) is 0 Å². The van der Waals surface area contributed by atoms with Gasteiger partial charge in [0.1, 0.15) is 0 Å². The predicted octanol–water partition coefficient (Wildman–Crippen LogP) is 1.83. The molecule has 108 valence electrons. The van der Waals surface area contributed by atoms with E-state index in [9.17, 15) is 8.42 Å². The predicted molar refractivity (Wildman–Crippen MR) is 82.0 cm³/mol. The van der Waals surface area contributed by atoms with Crippen molar-refractivity contribution in [2.45, 2.75) is 30.0 Å². The van der Waals surface area contributed by atoms with Crippen LogP contribution in [0.4, 0.5) is 0 Å². The summed E-state index contributed by atoms with van der Waals surface area (Å²) >= 11 is 1.64. The lowest BCUT2D eigenvalue weighted by Gasteiger charge is -2.22. The Labute approximate surface area is 120 Å². The average Bonchev–Trinajstić information content (AvgIpc) is 2.38. The van der Waals surface area contributed by atoms with Crippen molar-refractivity contribution in [1.29, 1.82) is 0 Å². The molecular formula is C13H22N2O2S2. The molecule has 19 heavy (non-hydrogen) atoms. The van der Waals surface area contributed by atoms with E-state index in [1.54, 1.807) is 23.9 Å². The summed E-state index contributed by atoms with van der Waals surface area (Å²) in [6.07, 6.45) is 1.97. The van der Waals surface area contributed by atoms with Crippen LogP contribution in [0.5, 0.6) is 0 Å². The van der Waals surface area contributed by atoms with Gasteiger partial charge in [-0.3, -0.25) is 0 Å². The lowest BCUT2D eigenvalue weighted by molar-refractivity contribution is 0.570. The van der Waals surface area contributed by atoms with Gasteiger partial charge in [-0.15, -0.1) is 0 Å². The highest BCUT2D eigenvalue weighted by atomic mass is 32.2. The molecule has 0 spiro atoms. The molecule has 0 radical (unpaired) electrons. The lowest BCUT2D eigenvalue weighted by atomic mass is 10.2. The molecule has 6 heteroatoms. The first kappa shape index (κ1) is 16.5. The molecule has 0 bridgehead atoms. The number of rotatable bonds is 7. The summed E-state index contributed by atoms with van der Waals surface area (Å²) in [5.74, 6) is 0. The molecular weight excluding hydrogens is 280 g/mol. The van der Waals surface area contributed by atoms with Crippen LogP contribution in [-0.4, -0.2) is 33.0 Å². The van der Waals surface area contributed by atoms with Crippen molar-refractivity contribution in [3.8, 4) is 0 Å². The van der Waals surface area contributed by atoms with Crippen molar-refractivity contribution in [3.63, 3.8) is 0 Å². The number of nitrogens with one attached hydrogen (secondary N) is 2. The van der Waals surface area contributed by atoms with Crippen LogP contribution in [0.25, 0.3) is 0 Å². The minimum Gasteiger partial charge on any atom is -0.316 e. The summed E-state index contributed by atoms with van der Waals surface area (Å²) in [5, 5.41) is 3.03. The molecule has 1 aromatic carbocycles. The Kier molecular flexibility index (Phi) is 5.85. The van der Waals surface area contributed by atoms with E-state index < -0.39 is 10.0 Å². The van der Waals surface area contributed by atoms with E-state index >= 15 is 0 Å². The first-order valence-electron chi connectivity index (χ1n) is 6.09.